The van der Waals surface area contributed by atoms with Gasteiger partial charge in [0.2, 0.25) is 0 Å². The lowest BCUT2D eigenvalue weighted by Gasteiger charge is -2.11. The van der Waals surface area contributed by atoms with Crippen LogP contribution in [0.5, 0.6) is 11.5 Å². The molecule has 0 saturated carbocycles. The van der Waals surface area contributed by atoms with Crippen molar-refractivity contribution in [2.24, 2.45) is 0 Å². The molecule has 5 rings (SSSR count). The fourth-order valence-electron chi connectivity index (χ4n) is 3.45. The van der Waals surface area contributed by atoms with Crippen LogP contribution in [0, 0.1) is 0 Å². The Morgan fingerprint density at radius 3 is 2.78 bits per heavy atom. The van der Waals surface area contributed by atoms with Gasteiger partial charge in [0.15, 0.2) is 5.58 Å². The number of benzene rings is 2. The second-order valence-corrected chi connectivity index (χ2v) is 8.34. The van der Waals surface area contributed by atoms with Gasteiger partial charge in [-0.3, -0.25) is 9.78 Å². The molecule has 3 N–H and O–H groups in total. The number of rotatable bonds is 6. The molecule has 8 nitrogen and oxygen atoms in total. The van der Waals surface area contributed by atoms with E-state index in [1.807, 2.05) is 24.3 Å². The van der Waals surface area contributed by atoms with Crippen LogP contribution < -0.4 is 20.7 Å². The Hall–Kier alpha value is -3.43. The minimum atomic E-state index is -0.209. The van der Waals surface area contributed by atoms with E-state index in [0.29, 0.717) is 34.3 Å². The summed E-state index contributed by atoms with van der Waals surface area (Å²) in [4.78, 5) is 21.1. The summed E-state index contributed by atoms with van der Waals surface area (Å²) in [5.41, 5.74) is 2.48. The first-order chi connectivity index (χ1) is 15.6. The van der Waals surface area contributed by atoms with Gasteiger partial charge in [0.05, 0.1) is 0 Å². The van der Waals surface area contributed by atoms with Crippen LogP contribution in [-0.4, -0.2) is 35.0 Å². The van der Waals surface area contributed by atoms with Crippen molar-refractivity contribution >= 4 is 44.6 Å². The zero-order valence-electron chi connectivity index (χ0n) is 17.0. The lowest BCUT2D eigenvalue weighted by Crippen LogP contribution is -2.36. The van der Waals surface area contributed by atoms with E-state index in [0.717, 1.165) is 29.7 Å². The molecule has 1 amide bonds. The minimum Gasteiger partial charge on any atom is -0.457 e. The van der Waals surface area contributed by atoms with E-state index in [-0.39, 0.29) is 11.9 Å². The predicted octanol–water partition coefficient (Wildman–Crippen LogP) is 4.61. The number of anilines is 2. The van der Waals surface area contributed by atoms with Gasteiger partial charge in [-0.05, 0) is 55.4 Å². The van der Waals surface area contributed by atoms with Gasteiger partial charge in [-0.1, -0.05) is 15.9 Å². The van der Waals surface area contributed by atoms with Gasteiger partial charge in [-0.25, -0.2) is 0 Å². The number of nitrogens with one attached hydrogen (secondary N) is 3. The van der Waals surface area contributed by atoms with Gasteiger partial charge < -0.3 is 25.1 Å². The maximum absolute atomic E-state index is 12.5. The van der Waals surface area contributed by atoms with E-state index in [1.54, 1.807) is 36.5 Å². The number of nitrogens with zero attached hydrogens (tertiary/aromatic N) is 2. The van der Waals surface area contributed by atoms with Crippen molar-refractivity contribution in [3.63, 3.8) is 0 Å². The molecular weight excluding hydrogens is 474 g/mol. The number of pyridine rings is 1. The molecule has 1 aliphatic rings. The van der Waals surface area contributed by atoms with Gasteiger partial charge in [-0.15, -0.1) is 0 Å². The third-order valence-electron chi connectivity index (χ3n) is 5.05. The highest BCUT2D eigenvalue weighted by Crippen LogP contribution is 2.28. The van der Waals surface area contributed by atoms with E-state index in [2.05, 4.69) is 41.8 Å². The zero-order chi connectivity index (χ0) is 21.9. The number of amides is 1. The third kappa shape index (κ3) is 4.74. The van der Waals surface area contributed by atoms with Crippen molar-refractivity contribution in [1.29, 1.82) is 0 Å². The van der Waals surface area contributed by atoms with Crippen molar-refractivity contribution in [1.82, 2.24) is 20.6 Å². The summed E-state index contributed by atoms with van der Waals surface area (Å²) < 4.78 is 12.7. The molecule has 0 unspecified atom stereocenters. The van der Waals surface area contributed by atoms with Crippen LogP contribution in [0.25, 0.3) is 11.1 Å². The quantitative estimate of drug-likeness (QED) is 0.360. The molecule has 162 valence electrons. The molecule has 9 heteroatoms. The lowest BCUT2D eigenvalue weighted by atomic mass is 10.2. The van der Waals surface area contributed by atoms with E-state index in [9.17, 15) is 4.79 Å². The van der Waals surface area contributed by atoms with E-state index in [1.165, 1.54) is 0 Å². The van der Waals surface area contributed by atoms with Crippen LogP contribution in [0.3, 0.4) is 0 Å². The predicted molar refractivity (Wildman–Crippen MR) is 124 cm³/mol. The molecule has 3 heterocycles. The number of carbonyl (C=O) groups excluding carboxylic acids is 1. The number of ether oxygens (including phenoxy) is 1. The summed E-state index contributed by atoms with van der Waals surface area (Å²) in [6.07, 6.45) is 2.48. The van der Waals surface area contributed by atoms with Crippen LogP contribution in [0.1, 0.15) is 16.9 Å². The molecule has 0 bridgehead atoms. The normalized spacial score (nSPS) is 15.6. The highest BCUT2D eigenvalue weighted by Gasteiger charge is 2.18. The molecule has 0 spiro atoms. The summed E-state index contributed by atoms with van der Waals surface area (Å²) >= 11 is 3.42. The number of hydrogen-bond acceptors (Lipinski definition) is 7. The van der Waals surface area contributed by atoms with Crippen molar-refractivity contribution in [2.45, 2.75) is 12.5 Å². The van der Waals surface area contributed by atoms with Crippen LogP contribution in [0.4, 0.5) is 11.7 Å². The molecule has 1 fully saturated rings. The van der Waals surface area contributed by atoms with E-state index in [4.69, 9.17) is 9.15 Å². The Labute approximate surface area is 192 Å². The molecule has 4 aromatic rings. The summed E-state index contributed by atoms with van der Waals surface area (Å²) in [5, 5.41) is 9.35. The molecular formula is C23H20BrN5O3. The molecule has 2 aromatic heterocycles. The Kier molecular flexibility index (Phi) is 5.74. The topological polar surface area (TPSA) is 101 Å². The van der Waals surface area contributed by atoms with Crippen LogP contribution >= 0.6 is 15.9 Å². The molecule has 2 aromatic carbocycles. The van der Waals surface area contributed by atoms with E-state index < -0.39 is 0 Å². The van der Waals surface area contributed by atoms with Gasteiger partial charge >= 0.3 is 0 Å². The lowest BCUT2D eigenvalue weighted by molar-refractivity contribution is 0.0934. The van der Waals surface area contributed by atoms with Gasteiger partial charge in [0, 0.05) is 41.1 Å². The van der Waals surface area contributed by atoms with Gasteiger partial charge in [-0.2, -0.15) is 4.98 Å². The Balaban J connectivity index is 1.29. The molecule has 32 heavy (non-hydrogen) atoms. The van der Waals surface area contributed by atoms with Crippen LogP contribution in [0.2, 0.25) is 0 Å². The third-order valence-corrected chi connectivity index (χ3v) is 5.58. The number of aromatic nitrogens is 2. The maximum atomic E-state index is 12.5. The summed E-state index contributed by atoms with van der Waals surface area (Å²) in [5.74, 6) is 0.893. The first kappa shape index (κ1) is 20.5. The van der Waals surface area contributed by atoms with E-state index >= 15 is 0 Å². The molecule has 1 atom stereocenters. The smallest absolute Gasteiger partial charge is 0.300 e. The average molecular weight is 494 g/mol. The highest BCUT2D eigenvalue weighted by molar-refractivity contribution is 9.10. The average Bonchev–Trinajstić information content (AvgIpc) is 3.44. The molecule has 1 aliphatic heterocycles. The SMILES string of the molecule is O=C(N[C@@H]1CCNC1)c1cc(Oc2ccc3oc(Nc4ccc(Br)cc4)nc3c2)ccn1. The zero-order valence-corrected chi connectivity index (χ0v) is 18.6. The number of carbonyl (C=O) groups is 1. The summed E-state index contributed by atoms with van der Waals surface area (Å²) in [6, 6.07) is 17.0. The Bertz CT molecular complexity index is 1250. The number of hydrogen-bond donors (Lipinski definition) is 3. The fourth-order valence-corrected chi connectivity index (χ4v) is 3.72. The number of fused-ring (bicyclic) bond motifs is 1. The second kappa shape index (κ2) is 8.97. The first-order valence-corrected chi connectivity index (χ1v) is 11.0. The first-order valence-electron chi connectivity index (χ1n) is 10.2. The van der Waals surface area contributed by atoms with Crippen molar-refractivity contribution in [3.05, 3.63) is 71.0 Å². The minimum absolute atomic E-state index is 0.128. The Morgan fingerprint density at radius 2 is 1.97 bits per heavy atom. The maximum Gasteiger partial charge on any atom is 0.300 e. The van der Waals surface area contributed by atoms with Crippen LogP contribution in [-0.2, 0) is 0 Å². The summed E-state index contributed by atoms with van der Waals surface area (Å²) in [7, 11) is 0. The van der Waals surface area contributed by atoms with Crippen molar-refractivity contribution in [2.75, 3.05) is 18.4 Å². The Morgan fingerprint density at radius 1 is 1.12 bits per heavy atom. The van der Waals surface area contributed by atoms with Gasteiger partial charge in [0.25, 0.3) is 11.9 Å². The molecule has 0 aliphatic carbocycles. The fraction of sp³-hybridized carbons (Fsp3) is 0.174. The second-order valence-electron chi connectivity index (χ2n) is 7.42. The van der Waals surface area contributed by atoms with Crippen molar-refractivity contribution < 1.29 is 13.9 Å². The van der Waals surface area contributed by atoms with Gasteiger partial charge in [0.1, 0.15) is 22.7 Å². The van der Waals surface area contributed by atoms with Crippen molar-refractivity contribution in [3.8, 4) is 11.5 Å². The monoisotopic (exact) mass is 493 g/mol. The van der Waals surface area contributed by atoms with Crippen LogP contribution in [0.15, 0.2) is 69.7 Å². The largest absolute Gasteiger partial charge is 0.457 e. The molecule has 1 saturated heterocycles. The summed E-state index contributed by atoms with van der Waals surface area (Å²) in [6.45, 7) is 1.69. The standard InChI is InChI=1S/C23H20BrN5O3/c24-14-1-3-15(4-2-14)28-23-29-19-11-17(5-6-21(19)32-23)31-18-8-10-26-20(12-18)22(30)27-16-7-9-25-13-16/h1-6,8,10-12,16,25H,7,9,13H2,(H,27,30)(H,28,29)/t16-/m1/s1. The number of halogens is 1. The number of oxazole rings is 1. The highest BCUT2D eigenvalue weighted by atomic mass is 79.9. The molecule has 0 radical (unpaired) electrons.